The molecule has 1 aromatic rings. The Morgan fingerprint density at radius 2 is 2.32 bits per heavy atom. The van der Waals surface area contributed by atoms with Gasteiger partial charge < -0.3 is 14.9 Å². The molecule has 1 aliphatic heterocycles. The van der Waals surface area contributed by atoms with Gasteiger partial charge in [-0.1, -0.05) is 0 Å². The minimum atomic E-state index is -0.951. The number of hydrogen-bond donors (Lipinski definition) is 2. The average Bonchev–Trinajstić information content (AvgIpc) is 2.97. The summed E-state index contributed by atoms with van der Waals surface area (Å²) in [6.07, 6.45) is 1.23. The second-order valence-electron chi connectivity index (χ2n) is 4.67. The lowest BCUT2D eigenvalue weighted by Gasteiger charge is -2.26. The van der Waals surface area contributed by atoms with Crippen molar-refractivity contribution in [3.63, 3.8) is 0 Å². The molecule has 2 rings (SSSR count). The minimum Gasteiger partial charge on any atom is -0.480 e. The van der Waals surface area contributed by atoms with E-state index in [0.717, 1.165) is 6.42 Å². The molecular weight excluding hydrogens is 250 g/mol. The van der Waals surface area contributed by atoms with Gasteiger partial charge in [-0.2, -0.15) is 5.10 Å². The van der Waals surface area contributed by atoms with Gasteiger partial charge in [0, 0.05) is 13.6 Å². The van der Waals surface area contributed by atoms with Crippen molar-refractivity contribution in [2.24, 2.45) is 0 Å². The third kappa shape index (κ3) is 2.83. The van der Waals surface area contributed by atoms with Crippen LogP contribution in [0.15, 0.2) is 0 Å². The first-order chi connectivity index (χ1) is 8.99. The van der Waals surface area contributed by atoms with Crippen LogP contribution < -0.4 is 0 Å². The van der Waals surface area contributed by atoms with Crippen LogP contribution in [0, 0.1) is 6.92 Å². The molecule has 104 valence electrons. The quantitative estimate of drug-likeness (QED) is 0.815. The maximum Gasteiger partial charge on any atom is 0.326 e. The van der Waals surface area contributed by atoms with Crippen molar-refractivity contribution < 1.29 is 14.7 Å². The summed E-state index contributed by atoms with van der Waals surface area (Å²) in [6.45, 7) is 2.51. The predicted molar refractivity (Wildman–Crippen MR) is 65.3 cm³/mol. The maximum atomic E-state index is 12.2. The molecule has 1 fully saturated rings. The molecule has 1 unspecified atom stereocenters. The van der Waals surface area contributed by atoms with Gasteiger partial charge in [0.15, 0.2) is 5.82 Å². The zero-order valence-corrected chi connectivity index (χ0v) is 11.0. The van der Waals surface area contributed by atoms with Gasteiger partial charge in [-0.3, -0.25) is 5.10 Å². The summed E-state index contributed by atoms with van der Waals surface area (Å²) in [4.78, 5) is 30.2. The SMILES string of the molecule is Cc1nc(CN(C)C(=O)N2CCCC2C(=O)O)n[nH]1. The number of amides is 2. The maximum absolute atomic E-state index is 12.2. The number of urea groups is 1. The number of nitrogens with zero attached hydrogens (tertiary/aromatic N) is 4. The summed E-state index contributed by atoms with van der Waals surface area (Å²) in [6, 6.07) is -1.02. The zero-order chi connectivity index (χ0) is 14.0. The van der Waals surface area contributed by atoms with Crippen LogP contribution in [0.2, 0.25) is 0 Å². The fourth-order valence-corrected chi connectivity index (χ4v) is 2.21. The topological polar surface area (TPSA) is 102 Å². The van der Waals surface area contributed by atoms with Crippen molar-refractivity contribution in [1.29, 1.82) is 0 Å². The number of aryl methyl sites for hydroxylation is 1. The number of carbonyl (C=O) groups is 2. The molecule has 2 N–H and O–H groups in total. The van der Waals surface area contributed by atoms with E-state index in [4.69, 9.17) is 5.11 Å². The van der Waals surface area contributed by atoms with Crippen molar-refractivity contribution >= 4 is 12.0 Å². The van der Waals surface area contributed by atoms with Gasteiger partial charge in [0.1, 0.15) is 11.9 Å². The monoisotopic (exact) mass is 267 g/mol. The van der Waals surface area contributed by atoms with Crippen LogP contribution in [0.4, 0.5) is 4.79 Å². The standard InChI is InChI=1S/C11H17N5O3/c1-7-12-9(14-13-7)6-15(2)11(19)16-5-3-4-8(16)10(17)18/h8H,3-6H2,1-2H3,(H,17,18)(H,12,13,14). The highest BCUT2D eigenvalue weighted by molar-refractivity contribution is 5.83. The average molecular weight is 267 g/mol. The second kappa shape index (κ2) is 5.25. The van der Waals surface area contributed by atoms with Crippen LogP contribution in [-0.2, 0) is 11.3 Å². The van der Waals surface area contributed by atoms with E-state index in [0.29, 0.717) is 24.6 Å². The van der Waals surface area contributed by atoms with Crippen molar-refractivity contribution in [3.8, 4) is 0 Å². The third-order valence-corrected chi connectivity index (χ3v) is 3.13. The van der Waals surface area contributed by atoms with E-state index in [9.17, 15) is 9.59 Å². The molecule has 1 aliphatic rings. The highest BCUT2D eigenvalue weighted by Crippen LogP contribution is 2.19. The summed E-state index contributed by atoms with van der Waals surface area (Å²) < 4.78 is 0. The van der Waals surface area contributed by atoms with E-state index in [2.05, 4.69) is 15.2 Å². The number of H-pyrrole nitrogens is 1. The Morgan fingerprint density at radius 1 is 1.58 bits per heavy atom. The summed E-state index contributed by atoms with van der Waals surface area (Å²) in [5, 5.41) is 15.7. The molecule has 2 amide bonds. The summed E-state index contributed by atoms with van der Waals surface area (Å²) in [5.41, 5.74) is 0. The molecule has 0 radical (unpaired) electrons. The molecule has 0 aromatic carbocycles. The van der Waals surface area contributed by atoms with E-state index < -0.39 is 12.0 Å². The Balaban J connectivity index is 2.00. The number of rotatable bonds is 3. The Kier molecular flexibility index (Phi) is 3.68. The second-order valence-corrected chi connectivity index (χ2v) is 4.67. The molecule has 1 saturated heterocycles. The molecule has 0 bridgehead atoms. The first-order valence-corrected chi connectivity index (χ1v) is 6.11. The summed E-state index contributed by atoms with van der Waals surface area (Å²) >= 11 is 0. The van der Waals surface area contributed by atoms with Crippen LogP contribution in [0.1, 0.15) is 24.5 Å². The van der Waals surface area contributed by atoms with Crippen molar-refractivity contribution in [2.75, 3.05) is 13.6 Å². The fourth-order valence-electron chi connectivity index (χ4n) is 2.21. The number of carbonyl (C=O) groups excluding carboxylic acids is 1. The first-order valence-electron chi connectivity index (χ1n) is 6.11. The molecule has 8 heteroatoms. The molecule has 19 heavy (non-hydrogen) atoms. The van der Waals surface area contributed by atoms with Gasteiger partial charge in [-0.15, -0.1) is 0 Å². The third-order valence-electron chi connectivity index (χ3n) is 3.13. The van der Waals surface area contributed by atoms with Crippen molar-refractivity contribution in [2.45, 2.75) is 32.4 Å². The highest BCUT2D eigenvalue weighted by atomic mass is 16.4. The number of nitrogens with one attached hydrogen (secondary N) is 1. The molecule has 2 heterocycles. The van der Waals surface area contributed by atoms with Gasteiger partial charge in [0.2, 0.25) is 0 Å². The Labute approximate surface area is 110 Å². The van der Waals surface area contributed by atoms with E-state index in [-0.39, 0.29) is 12.6 Å². The van der Waals surface area contributed by atoms with E-state index >= 15 is 0 Å². The lowest BCUT2D eigenvalue weighted by molar-refractivity contribution is -0.141. The molecule has 0 saturated carbocycles. The zero-order valence-electron chi connectivity index (χ0n) is 11.0. The van der Waals surface area contributed by atoms with Crippen molar-refractivity contribution in [3.05, 3.63) is 11.6 Å². The van der Waals surface area contributed by atoms with Gasteiger partial charge in [-0.25, -0.2) is 14.6 Å². The van der Waals surface area contributed by atoms with Gasteiger partial charge in [0.25, 0.3) is 0 Å². The fraction of sp³-hybridized carbons (Fsp3) is 0.636. The molecule has 0 aliphatic carbocycles. The lowest BCUT2D eigenvalue weighted by Crippen LogP contribution is -2.46. The largest absolute Gasteiger partial charge is 0.480 e. The van der Waals surface area contributed by atoms with Crippen LogP contribution in [0.25, 0.3) is 0 Å². The Hall–Kier alpha value is -2.12. The van der Waals surface area contributed by atoms with E-state index in [1.807, 2.05) is 0 Å². The van der Waals surface area contributed by atoms with Gasteiger partial charge in [0.05, 0.1) is 6.54 Å². The highest BCUT2D eigenvalue weighted by Gasteiger charge is 2.35. The number of hydrogen-bond acceptors (Lipinski definition) is 4. The molecule has 8 nitrogen and oxygen atoms in total. The molecule has 1 aromatic heterocycles. The van der Waals surface area contributed by atoms with Crippen molar-refractivity contribution in [1.82, 2.24) is 25.0 Å². The number of aromatic nitrogens is 3. The summed E-state index contributed by atoms with van der Waals surface area (Å²) in [7, 11) is 1.62. The lowest BCUT2D eigenvalue weighted by atomic mass is 10.2. The van der Waals surface area contributed by atoms with Crippen LogP contribution in [0.3, 0.4) is 0 Å². The van der Waals surface area contributed by atoms with Gasteiger partial charge in [-0.05, 0) is 19.8 Å². The minimum absolute atomic E-state index is 0.256. The number of carboxylic acid groups (broad SMARTS) is 1. The smallest absolute Gasteiger partial charge is 0.326 e. The first kappa shape index (κ1) is 13.3. The number of aliphatic carboxylic acids is 1. The Morgan fingerprint density at radius 3 is 2.89 bits per heavy atom. The van der Waals surface area contributed by atoms with Crippen LogP contribution in [0.5, 0.6) is 0 Å². The van der Waals surface area contributed by atoms with Crippen LogP contribution >= 0.6 is 0 Å². The molecular formula is C11H17N5O3. The number of aromatic amines is 1. The van der Waals surface area contributed by atoms with E-state index in [1.165, 1.54) is 9.80 Å². The summed E-state index contributed by atoms with van der Waals surface area (Å²) in [5.74, 6) is 0.243. The Bertz CT molecular complexity index is 486. The van der Waals surface area contributed by atoms with E-state index in [1.54, 1.807) is 14.0 Å². The van der Waals surface area contributed by atoms with Gasteiger partial charge >= 0.3 is 12.0 Å². The number of carboxylic acids is 1. The molecule has 0 spiro atoms. The predicted octanol–water partition coefficient (Wildman–Crippen LogP) is 0.214. The normalized spacial score (nSPS) is 18.6. The molecule has 1 atom stereocenters. The number of likely N-dealkylation sites (tertiary alicyclic amines) is 1. The van der Waals surface area contributed by atoms with Crippen LogP contribution in [-0.4, -0.2) is 61.7 Å².